The van der Waals surface area contributed by atoms with Crippen molar-refractivity contribution in [3.05, 3.63) is 83.9 Å². The van der Waals surface area contributed by atoms with Crippen LogP contribution in [0.2, 0.25) is 0 Å². The SMILES string of the molecule is CCc1ccc(CC)c(-c2ccccc2)c1-c1ccccc1. The Morgan fingerprint density at radius 2 is 0.864 bits per heavy atom. The van der Waals surface area contributed by atoms with Gasteiger partial charge in [-0.1, -0.05) is 86.6 Å². The van der Waals surface area contributed by atoms with Gasteiger partial charge in [-0.15, -0.1) is 0 Å². The Kier molecular flexibility index (Phi) is 4.39. The van der Waals surface area contributed by atoms with E-state index in [2.05, 4.69) is 86.6 Å². The smallest absolute Gasteiger partial charge is 0.00706 e. The molecular weight excluding hydrogens is 264 g/mol. The van der Waals surface area contributed by atoms with Gasteiger partial charge in [0.15, 0.2) is 0 Å². The maximum absolute atomic E-state index is 2.30. The lowest BCUT2D eigenvalue weighted by Gasteiger charge is -2.19. The molecule has 0 heteroatoms. The molecule has 0 atom stereocenters. The summed E-state index contributed by atoms with van der Waals surface area (Å²) in [6.07, 6.45) is 2.10. The largest absolute Gasteiger partial charge is 0.0622 e. The summed E-state index contributed by atoms with van der Waals surface area (Å²) in [5.41, 5.74) is 8.26. The van der Waals surface area contributed by atoms with Gasteiger partial charge in [-0.25, -0.2) is 0 Å². The third kappa shape index (κ3) is 2.69. The number of benzene rings is 3. The minimum Gasteiger partial charge on any atom is -0.0622 e. The van der Waals surface area contributed by atoms with Crippen molar-refractivity contribution < 1.29 is 0 Å². The molecule has 0 N–H and O–H groups in total. The van der Waals surface area contributed by atoms with Gasteiger partial charge in [0.1, 0.15) is 0 Å². The molecule has 0 saturated heterocycles. The van der Waals surface area contributed by atoms with Crippen LogP contribution in [0.15, 0.2) is 72.8 Å². The monoisotopic (exact) mass is 286 g/mol. The van der Waals surface area contributed by atoms with Crippen LogP contribution in [0.5, 0.6) is 0 Å². The predicted octanol–water partition coefficient (Wildman–Crippen LogP) is 6.15. The molecule has 0 spiro atoms. The van der Waals surface area contributed by atoms with E-state index in [1.807, 2.05) is 0 Å². The molecule has 0 aromatic heterocycles. The van der Waals surface area contributed by atoms with Crippen LogP contribution in [0.25, 0.3) is 22.3 Å². The highest BCUT2D eigenvalue weighted by molar-refractivity contribution is 5.88. The summed E-state index contributed by atoms with van der Waals surface area (Å²) < 4.78 is 0. The van der Waals surface area contributed by atoms with Crippen molar-refractivity contribution in [3.8, 4) is 22.3 Å². The van der Waals surface area contributed by atoms with Crippen LogP contribution in [0.3, 0.4) is 0 Å². The van der Waals surface area contributed by atoms with Gasteiger partial charge in [-0.2, -0.15) is 0 Å². The highest BCUT2D eigenvalue weighted by atomic mass is 14.2. The van der Waals surface area contributed by atoms with Gasteiger partial charge in [0, 0.05) is 0 Å². The van der Waals surface area contributed by atoms with Crippen LogP contribution in [0, 0.1) is 0 Å². The summed E-state index contributed by atoms with van der Waals surface area (Å²) in [5, 5.41) is 0. The van der Waals surface area contributed by atoms with Crippen molar-refractivity contribution in [3.63, 3.8) is 0 Å². The molecule has 3 aromatic carbocycles. The maximum Gasteiger partial charge on any atom is -0.00706 e. The van der Waals surface area contributed by atoms with Gasteiger partial charge in [0.2, 0.25) is 0 Å². The van der Waals surface area contributed by atoms with Gasteiger partial charge in [-0.3, -0.25) is 0 Å². The predicted molar refractivity (Wildman–Crippen MR) is 96.1 cm³/mol. The van der Waals surface area contributed by atoms with Crippen molar-refractivity contribution in [2.75, 3.05) is 0 Å². The van der Waals surface area contributed by atoms with Crippen LogP contribution >= 0.6 is 0 Å². The third-order valence-corrected chi connectivity index (χ3v) is 4.26. The second-order valence-electron chi connectivity index (χ2n) is 5.57. The lowest BCUT2D eigenvalue weighted by molar-refractivity contribution is 1.10. The summed E-state index contributed by atoms with van der Waals surface area (Å²) in [5.74, 6) is 0. The van der Waals surface area contributed by atoms with Crippen molar-refractivity contribution in [1.82, 2.24) is 0 Å². The molecule has 0 amide bonds. The molecule has 110 valence electrons. The number of aryl methyl sites for hydroxylation is 2. The number of hydrogen-bond donors (Lipinski definition) is 0. The van der Waals surface area contributed by atoms with Crippen LogP contribution in [-0.4, -0.2) is 0 Å². The van der Waals surface area contributed by atoms with E-state index in [4.69, 9.17) is 0 Å². The molecule has 0 nitrogen and oxygen atoms in total. The zero-order valence-corrected chi connectivity index (χ0v) is 13.3. The van der Waals surface area contributed by atoms with Gasteiger partial charge in [0.25, 0.3) is 0 Å². The van der Waals surface area contributed by atoms with E-state index in [0.717, 1.165) is 12.8 Å². The highest BCUT2D eigenvalue weighted by Gasteiger charge is 2.14. The van der Waals surface area contributed by atoms with E-state index in [9.17, 15) is 0 Å². The quantitative estimate of drug-likeness (QED) is 0.540. The van der Waals surface area contributed by atoms with Gasteiger partial charge >= 0.3 is 0 Å². The Bertz CT molecular complexity index is 673. The lowest BCUT2D eigenvalue weighted by Crippen LogP contribution is -1.97. The first kappa shape index (κ1) is 14.6. The fourth-order valence-electron chi connectivity index (χ4n) is 3.15. The topological polar surface area (TPSA) is 0 Å². The molecular formula is C22H22. The summed E-state index contributed by atoms with van der Waals surface area (Å²) in [7, 11) is 0. The van der Waals surface area contributed by atoms with Crippen LogP contribution in [0.1, 0.15) is 25.0 Å². The fourth-order valence-corrected chi connectivity index (χ4v) is 3.15. The van der Waals surface area contributed by atoms with E-state index < -0.39 is 0 Å². The Labute approximate surface area is 133 Å². The molecule has 0 fully saturated rings. The van der Waals surface area contributed by atoms with E-state index in [1.165, 1.54) is 33.4 Å². The minimum absolute atomic E-state index is 1.05. The summed E-state index contributed by atoms with van der Waals surface area (Å²) in [6.45, 7) is 4.48. The highest BCUT2D eigenvalue weighted by Crippen LogP contribution is 2.38. The Hall–Kier alpha value is -2.34. The first-order valence-corrected chi connectivity index (χ1v) is 8.10. The average Bonchev–Trinajstić information content (AvgIpc) is 2.61. The molecule has 0 radical (unpaired) electrons. The van der Waals surface area contributed by atoms with Crippen molar-refractivity contribution in [2.24, 2.45) is 0 Å². The van der Waals surface area contributed by atoms with E-state index in [1.54, 1.807) is 0 Å². The second-order valence-corrected chi connectivity index (χ2v) is 5.57. The fraction of sp³-hybridized carbons (Fsp3) is 0.182. The Balaban J connectivity index is 2.35. The molecule has 0 aliphatic heterocycles. The number of rotatable bonds is 4. The standard InChI is InChI=1S/C22H22/c1-3-17-15-16-18(4-2)22(20-13-9-6-10-14-20)21(17)19-11-7-5-8-12-19/h5-16H,3-4H2,1-2H3. The number of hydrogen-bond acceptors (Lipinski definition) is 0. The first-order chi connectivity index (χ1) is 10.8. The first-order valence-electron chi connectivity index (χ1n) is 8.10. The Morgan fingerprint density at radius 1 is 0.500 bits per heavy atom. The van der Waals surface area contributed by atoms with E-state index in [0.29, 0.717) is 0 Å². The lowest BCUT2D eigenvalue weighted by atomic mass is 9.85. The van der Waals surface area contributed by atoms with Gasteiger partial charge < -0.3 is 0 Å². The molecule has 0 unspecified atom stereocenters. The average molecular weight is 286 g/mol. The van der Waals surface area contributed by atoms with Crippen LogP contribution in [-0.2, 0) is 12.8 Å². The third-order valence-electron chi connectivity index (χ3n) is 4.26. The van der Waals surface area contributed by atoms with Crippen molar-refractivity contribution in [1.29, 1.82) is 0 Å². The molecule has 0 aliphatic rings. The normalized spacial score (nSPS) is 10.6. The van der Waals surface area contributed by atoms with Gasteiger partial charge in [0.05, 0.1) is 0 Å². The van der Waals surface area contributed by atoms with Gasteiger partial charge in [-0.05, 0) is 46.2 Å². The molecule has 3 rings (SSSR count). The van der Waals surface area contributed by atoms with E-state index in [-0.39, 0.29) is 0 Å². The molecule has 0 heterocycles. The molecule has 0 saturated carbocycles. The minimum atomic E-state index is 1.05. The van der Waals surface area contributed by atoms with Crippen LogP contribution < -0.4 is 0 Å². The second kappa shape index (κ2) is 6.62. The van der Waals surface area contributed by atoms with Crippen molar-refractivity contribution in [2.45, 2.75) is 26.7 Å². The maximum atomic E-state index is 2.30. The summed E-state index contributed by atoms with van der Waals surface area (Å²) in [4.78, 5) is 0. The van der Waals surface area contributed by atoms with E-state index >= 15 is 0 Å². The van der Waals surface area contributed by atoms with Crippen molar-refractivity contribution >= 4 is 0 Å². The van der Waals surface area contributed by atoms with Crippen LogP contribution in [0.4, 0.5) is 0 Å². The molecule has 0 bridgehead atoms. The molecule has 0 aliphatic carbocycles. The molecule has 3 aromatic rings. The summed E-state index contributed by atoms with van der Waals surface area (Å²) >= 11 is 0. The zero-order chi connectivity index (χ0) is 15.4. The summed E-state index contributed by atoms with van der Waals surface area (Å²) in [6, 6.07) is 26.2. The zero-order valence-electron chi connectivity index (χ0n) is 13.3. The Morgan fingerprint density at radius 3 is 1.18 bits per heavy atom. The molecule has 22 heavy (non-hydrogen) atoms.